The molecule has 88 valence electrons. The molecular formula is C11H15NO3S. The Balaban J connectivity index is 3.10. The van der Waals surface area contributed by atoms with Crippen LogP contribution in [0.3, 0.4) is 0 Å². The average molecular weight is 241 g/mol. The molecule has 0 heterocycles. The monoisotopic (exact) mass is 241 g/mol. The molecule has 0 amide bonds. The number of rotatable bonds is 2. The van der Waals surface area contributed by atoms with E-state index in [4.69, 9.17) is 4.55 Å². The van der Waals surface area contributed by atoms with E-state index in [1.807, 2.05) is 32.9 Å². The second-order valence-electron chi connectivity index (χ2n) is 3.68. The summed E-state index contributed by atoms with van der Waals surface area (Å²) in [6, 6.07) is 4.02. The van der Waals surface area contributed by atoms with Gasteiger partial charge in [-0.1, -0.05) is 17.7 Å². The molecule has 5 heteroatoms. The molecule has 16 heavy (non-hydrogen) atoms. The lowest BCUT2D eigenvalue weighted by atomic mass is 10.1. The fourth-order valence-corrected chi connectivity index (χ4v) is 1.87. The van der Waals surface area contributed by atoms with E-state index in [-0.39, 0.29) is 5.90 Å². The van der Waals surface area contributed by atoms with E-state index < -0.39 is 11.4 Å². The zero-order valence-corrected chi connectivity index (χ0v) is 10.6. The van der Waals surface area contributed by atoms with Crippen molar-refractivity contribution in [3.8, 4) is 0 Å². The predicted octanol–water partition coefficient (Wildman–Crippen LogP) is 2.82. The van der Waals surface area contributed by atoms with Crippen LogP contribution in [0, 0.1) is 20.8 Å². The molecule has 1 aromatic carbocycles. The van der Waals surface area contributed by atoms with Crippen LogP contribution in [0.1, 0.15) is 23.6 Å². The molecule has 0 spiro atoms. The molecule has 0 aliphatic rings. The highest BCUT2D eigenvalue weighted by Crippen LogP contribution is 2.25. The summed E-state index contributed by atoms with van der Waals surface area (Å²) in [5, 5.41) is 0. The maximum absolute atomic E-state index is 10.4. The zero-order valence-electron chi connectivity index (χ0n) is 9.77. The second kappa shape index (κ2) is 5.23. The first-order chi connectivity index (χ1) is 7.40. The second-order valence-corrected chi connectivity index (χ2v) is 4.28. The molecular weight excluding hydrogens is 226 g/mol. The van der Waals surface area contributed by atoms with Crippen molar-refractivity contribution in [1.29, 1.82) is 0 Å². The molecule has 0 bridgehead atoms. The Labute approximate surface area is 97.9 Å². The lowest BCUT2D eigenvalue weighted by Crippen LogP contribution is -2.02. The largest absolute Gasteiger partial charge is 0.364 e. The topological polar surface area (TPSA) is 58.9 Å². The SMILES string of the molecule is CC(=Nc1c(C)cc(C)cc1C)OS(=O)O. The van der Waals surface area contributed by atoms with Gasteiger partial charge in [0.1, 0.15) is 0 Å². The van der Waals surface area contributed by atoms with E-state index in [1.54, 1.807) is 6.92 Å². The van der Waals surface area contributed by atoms with Gasteiger partial charge >= 0.3 is 11.4 Å². The van der Waals surface area contributed by atoms with Crippen LogP contribution < -0.4 is 0 Å². The van der Waals surface area contributed by atoms with Crippen LogP contribution in [0.4, 0.5) is 5.69 Å². The van der Waals surface area contributed by atoms with Crippen molar-refractivity contribution < 1.29 is 12.9 Å². The fourth-order valence-electron chi connectivity index (χ4n) is 1.63. The lowest BCUT2D eigenvalue weighted by molar-refractivity contribution is 0.452. The van der Waals surface area contributed by atoms with Gasteiger partial charge in [-0.3, -0.25) is 4.55 Å². The van der Waals surface area contributed by atoms with E-state index in [9.17, 15) is 4.21 Å². The molecule has 1 unspecified atom stereocenters. The van der Waals surface area contributed by atoms with Crippen molar-refractivity contribution in [2.45, 2.75) is 27.7 Å². The van der Waals surface area contributed by atoms with Crippen LogP contribution in [0.15, 0.2) is 17.1 Å². The fraction of sp³-hybridized carbons (Fsp3) is 0.364. The first-order valence-corrected chi connectivity index (χ1v) is 5.85. The standard InChI is InChI=1S/C11H15NO3S/c1-7-5-8(2)11(9(3)6-7)12-10(4)15-16(13)14/h5-6H,1-4H3,(H,13,14). The molecule has 0 fully saturated rings. The Kier molecular flexibility index (Phi) is 4.20. The summed E-state index contributed by atoms with van der Waals surface area (Å²) in [5.41, 5.74) is 3.99. The minimum atomic E-state index is -2.32. The summed E-state index contributed by atoms with van der Waals surface area (Å²) in [4.78, 5) is 4.18. The third-order valence-electron chi connectivity index (χ3n) is 2.10. The Morgan fingerprint density at radius 1 is 1.31 bits per heavy atom. The highest BCUT2D eigenvalue weighted by molar-refractivity contribution is 7.74. The van der Waals surface area contributed by atoms with Gasteiger partial charge in [0.05, 0.1) is 5.69 Å². The summed E-state index contributed by atoms with van der Waals surface area (Å²) in [7, 11) is 0. The highest BCUT2D eigenvalue weighted by atomic mass is 32.2. The Hall–Kier alpha value is -1.20. The predicted molar refractivity (Wildman–Crippen MR) is 65.3 cm³/mol. The van der Waals surface area contributed by atoms with Crippen molar-refractivity contribution in [2.75, 3.05) is 0 Å². The normalized spacial score (nSPS) is 13.7. The van der Waals surface area contributed by atoms with Crippen LogP contribution in [0.2, 0.25) is 0 Å². The number of benzene rings is 1. The molecule has 1 rings (SSSR count). The third-order valence-corrected chi connectivity index (χ3v) is 2.48. The minimum Gasteiger partial charge on any atom is -0.364 e. The molecule has 0 saturated heterocycles. The van der Waals surface area contributed by atoms with Gasteiger partial charge < -0.3 is 4.18 Å². The van der Waals surface area contributed by atoms with Gasteiger partial charge in [0.2, 0.25) is 5.90 Å². The molecule has 0 saturated carbocycles. The first kappa shape index (κ1) is 12.9. The van der Waals surface area contributed by atoms with Gasteiger partial charge in [-0.2, -0.15) is 4.21 Å². The van der Waals surface area contributed by atoms with E-state index in [2.05, 4.69) is 9.18 Å². The van der Waals surface area contributed by atoms with Gasteiger partial charge in [-0.25, -0.2) is 4.99 Å². The summed E-state index contributed by atoms with van der Waals surface area (Å²) in [6.07, 6.45) is 0. The van der Waals surface area contributed by atoms with E-state index in [0.717, 1.165) is 16.8 Å². The van der Waals surface area contributed by atoms with Crippen molar-refractivity contribution in [2.24, 2.45) is 4.99 Å². The van der Waals surface area contributed by atoms with Crippen molar-refractivity contribution >= 4 is 22.9 Å². The van der Waals surface area contributed by atoms with Crippen molar-refractivity contribution in [3.05, 3.63) is 28.8 Å². The summed E-state index contributed by atoms with van der Waals surface area (Å²) in [6.45, 7) is 7.45. The van der Waals surface area contributed by atoms with Gasteiger partial charge in [0.25, 0.3) is 0 Å². The molecule has 1 atom stereocenters. The Bertz CT molecular complexity index is 432. The number of hydrogen-bond acceptors (Lipinski definition) is 3. The first-order valence-electron chi connectivity index (χ1n) is 4.82. The summed E-state index contributed by atoms with van der Waals surface area (Å²) >= 11 is -2.32. The maximum atomic E-state index is 10.4. The van der Waals surface area contributed by atoms with Crippen molar-refractivity contribution in [1.82, 2.24) is 0 Å². The molecule has 0 aromatic heterocycles. The molecule has 0 aliphatic heterocycles. The third kappa shape index (κ3) is 3.43. The number of hydrogen-bond donors (Lipinski definition) is 1. The maximum Gasteiger partial charge on any atom is 0.358 e. The van der Waals surface area contributed by atoms with Crippen LogP contribution in [0.5, 0.6) is 0 Å². The molecule has 0 radical (unpaired) electrons. The number of nitrogens with zero attached hydrogens (tertiary/aromatic N) is 1. The van der Waals surface area contributed by atoms with E-state index in [1.165, 1.54) is 5.56 Å². The summed E-state index contributed by atoms with van der Waals surface area (Å²) < 4.78 is 23.6. The Morgan fingerprint density at radius 2 is 1.81 bits per heavy atom. The van der Waals surface area contributed by atoms with Crippen LogP contribution >= 0.6 is 0 Å². The quantitative estimate of drug-likeness (QED) is 0.492. The van der Waals surface area contributed by atoms with Gasteiger partial charge in [-0.15, -0.1) is 0 Å². The number of aliphatic imine (C=N–C) groups is 1. The zero-order chi connectivity index (χ0) is 12.3. The van der Waals surface area contributed by atoms with Crippen LogP contribution in [-0.4, -0.2) is 14.7 Å². The van der Waals surface area contributed by atoms with Crippen LogP contribution in [-0.2, 0) is 15.5 Å². The van der Waals surface area contributed by atoms with Crippen LogP contribution in [0.25, 0.3) is 0 Å². The number of aryl methyl sites for hydroxylation is 3. The summed E-state index contributed by atoms with van der Waals surface area (Å²) in [5.74, 6) is 0.177. The molecule has 1 N–H and O–H groups in total. The lowest BCUT2D eigenvalue weighted by Gasteiger charge is -2.07. The molecule has 0 aliphatic carbocycles. The minimum absolute atomic E-state index is 0.177. The van der Waals surface area contributed by atoms with Gasteiger partial charge in [0, 0.05) is 6.92 Å². The molecule has 4 nitrogen and oxygen atoms in total. The van der Waals surface area contributed by atoms with E-state index >= 15 is 0 Å². The highest BCUT2D eigenvalue weighted by Gasteiger charge is 2.04. The Morgan fingerprint density at radius 3 is 2.25 bits per heavy atom. The smallest absolute Gasteiger partial charge is 0.358 e. The van der Waals surface area contributed by atoms with Gasteiger partial charge in [0.15, 0.2) is 0 Å². The molecule has 1 aromatic rings. The van der Waals surface area contributed by atoms with Gasteiger partial charge in [-0.05, 0) is 31.9 Å². The average Bonchev–Trinajstić information content (AvgIpc) is 2.09. The van der Waals surface area contributed by atoms with Crippen molar-refractivity contribution in [3.63, 3.8) is 0 Å². The van der Waals surface area contributed by atoms with E-state index in [0.29, 0.717) is 0 Å².